The van der Waals surface area contributed by atoms with Gasteiger partial charge in [0.15, 0.2) is 0 Å². The van der Waals surface area contributed by atoms with Crippen LogP contribution < -0.4 is 9.64 Å². The lowest BCUT2D eigenvalue weighted by Crippen LogP contribution is -2.40. The standard InChI is InChI=1S/C31H36N2O5S/c1-6-7-11-22-19-33(21-12-9-8-10-13-21)26-18-27-25(17-28(26)39(36,37)32(22)5)24-16-20(30(34)35)14-15-23(24)29(38-27)31(2,3)4/h8-10,12-18,22,29H,6-7,11,19H2,1-5H3,(H,34,35)/t22-,29-/m1/s1. The third-order valence-electron chi connectivity index (χ3n) is 7.78. The number of likely N-dealkylation sites (N-methyl/N-ethyl adjacent to an activating group) is 1. The highest BCUT2D eigenvalue weighted by Gasteiger charge is 2.41. The number of rotatable bonds is 5. The van der Waals surface area contributed by atoms with Crippen molar-refractivity contribution in [3.05, 3.63) is 71.8 Å². The van der Waals surface area contributed by atoms with E-state index < -0.39 is 16.0 Å². The summed E-state index contributed by atoms with van der Waals surface area (Å²) >= 11 is 0. The summed E-state index contributed by atoms with van der Waals surface area (Å²) < 4.78 is 36.4. The summed E-state index contributed by atoms with van der Waals surface area (Å²) in [5.74, 6) is -0.483. The SMILES string of the molecule is CCCC[C@@H]1CN(c2ccccc2)c2cc3c(cc2S(=O)(=O)N1C)-c1cc(C(=O)O)ccc1[C@H](C(C)(C)C)O3. The Kier molecular flexibility index (Phi) is 6.97. The maximum Gasteiger partial charge on any atom is 0.335 e. The van der Waals surface area contributed by atoms with Crippen LogP contribution in [0.5, 0.6) is 5.75 Å². The van der Waals surface area contributed by atoms with E-state index in [0.29, 0.717) is 29.1 Å². The first-order valence-electron chi connectivity index (χ1n) is 13.5. The van der Waals surface area contributed by atoms with Gasteiger partial charge < -0.3 is 14.7 Å². The summed E-state index contributed by atoms with van der Waals surface area (Å²) in [6, 6.07) is 18.1. The van der Waals surface area contributed by atoms with Crippen molar-refractivity contribution in [1.29, 1.82) is 0 Å². The molecule has 5 rings (SSSR count). The van der Waals surface area contributed by atoms with Gasteiger partial charge in [-0.3, -0.25) is 0 Å². The first kappa shape index (κ1) is 27.2. The fourth-order valence-corrected chi connectivity index (χ4v) is 7.18. The zero-order valence-electron chi connectivity index (χ0n) is 23.1. The average Bonchev–Trinajstić information content (AvgIpc) is 2.98. The molecule has 1 N–H and O–H groups in total. The van der Waals surface area contributed by atoms with E-state index in [0.717, 1.165) is 30.5 Å². The van der Waals surface area contributed by atoms with Crippen LogP contribution in [-0.2, 0) is 10.0 Å². The number of ether oxygens (including phenoxy) is 1. The zero-order chi connectivity index (χ0) is 28.1. The molecule has 206 valence electrons. The summed E-state index contributed by atoms with van der Waals surface area (Å²) in [5.41, 5.74) is 3.45. The van der Waals surface area contributed by atoms with Gasteiger partial charge in [-0.1, -0.05) is 64.8 Å². The number of benzene rings is 3. The Hall–Kier alpha value is -3.36. The number of aromatic carboxylic acids is 1. The van der Waals surface area contributed by atoms with Gasteiger partial charge in [-0.15, -0.1) is 0 Å². The van der Waals surface area contributed by atoms with Crippen molar-refractivity contribution >= 4 is 27.4 Å². The van der Waals surface area contributed by atoms with Crippen LogP contribution in [-0.4, -0.2) is 43.4 Å². The molecule has 0 bridgehead atoms. The van der Waals surface area contributed by atoms with Crippen molar-refractivity contribution in [2.24, 2.45) is 5.41 Å². The maximum absolute atomic E-state index is 14.1. The molecular formula is C31H36N2O5S. The topological polar surface area (TPSA) is 87.2 Å². The number of nitrogens with zero attached hydrogens (tertiary/aromatic N) is 2. The van der Waals surface area contributed by atoms with Crippen LogP contribution in [0, 0.1) is 5.41 Å². The van der Waals surface area contributed by atoms with Gasteiger partial charge in [0.25, 0.3) is 0 Å². The molecule has 0 saturated carbocycles. The lowest BCUT2D eigenvalue weighted by atomic mass is 9.79. The third-order valence-corrected chi connectivity index (χ3v) is 9.72. The number of unbranched alkanes of at least 4 members (excludes halogenated alkanes) is 1. The third kappa shape index (κ3) is 4.80. The number of carboxylic acid groups (broad SMARTS) is 1. The summed E-state index contributed by atoms with van der Waals surface area (Å²) in [5, 5.41) is 9.73. The van der Waals surface area contributed by atoms with Gasteiger partial charge in [0.05, 0.1) is 11.3 Å². The van der Waals surface area contributed by atoms with Gasteiger partial charge >= 0.3 is 5.97 Å². The van der Waals surface area contributed by atoms with Crippen molar-refractivity contribution in [3.63, 3.8) is 0 Å². The van der Waals surface area contributed by atoms with Crippen LogP contribution >= 0.6 is 0 Å². The molecule has 0 saturated heterocycles. The number of carbonyl (C=O) groups is 1. The summed E-state index contributed by atoms with van der Waals surface area (Å²) in [6.45, 7) is 8.85. The Morgan fingerprint density at radius 1 is 1.05 bits per heavy atom. The van der Waals surface area contributed by atoms with Gasteiger partial charge in [-0.25, -0.2) is 13.2 Å². The van der Waals surface area contributed by atoms with E-state index in [1.807, 2.05) is 36.4 Å². The smallest absolute Gasteiger partial charge is 0.335 e. The second-order valence-electron chi connectivity index (χ2n) is 11.6. The quantitative estimate of drug-likeness (QED) is 0.375. The number of carboxylic acids is 1. The number of para-hydroxylation sites is 1. The largest absolute Gasteiger partial charge is 0.484 e. The Labute approximate surface area is 231 Å². The number of anilines is 2. The lowest BCUT2D eigenvalue weighted by Gasteiger charge is -2.38. The molecule has 3 aromatic carbocycles. The fraction of sp³-hybridized carbons (Fsp3) is 0.387. The first-order valence-corrected chi connectivity index (χ1v) is 14.9. The van der Waals surface area contributed by atoms with Gasteiger partial charge in [0.1, 0.15) is 16.7 Å². The summed E-state index contributed by atoms with van der Waals surface area (Å²) in [6.07, 6.45) is 2.30. The predicted molar refractivity (Wildman–Crippen MR) is 153 cm³/mol. The Balaban J connectivity index is 1.78. The van der Waals surface area contributed by atoms with Crippen molar-refractivity contribution < 1.29 is 23.1 Å². The molecule has 2 aliphatic rings. The number of hydrogen-bond acceptors (Lipinski definition) is 5. The molecule has 0 radical (unpaired) electrons. The average molecular weight is 549 g/mol. The van der Waals surface area contributed by atoms with Crippen molar-refractivity contribution in [2.45, 2.75) is 64.0 Å². The predicted octanol–water partition coefficient (Wildman–Crippen LogP) is 6.86. The molecule has 0 fully saturated rings. The monoisotopic (exact) mass is 548 g/mol. The number of sulfonamides is 1. The minimum absolute atomic E-state index is 0.148. The van der Waals surface area contributed by atoms with Crippen molar-refractivity contribution in [3.8, 4) is 16.9 Å². The molecule has 0 amide bonds. The van der Waals surface area contributed by atoms with E-state index in [-0.39, 0.29) is 28.0 Å². The van der Waals surface area contributed by atoms with Gasteiger partial charge in [-0.05, 0) is 42.3 Å². The van der Waals surface area contributed by atoms with Crippen LogP contribution in [0.1, 0.15) is 69.0 Å². The molecule has 2 aliphatic heterocycles. The van der Waals surface area contributed by atoms with Gasteiger partial charge in [0.2, 0.25) is 10.0 Å². The van der Waals surface area contributed by atoms with Crippen LogP contribution in [0.4, 0.5) is 11.4 Å². The lowest BCUT2D eigenvalue weighted by molar-refractivity contribution is 0.0695. The van der Waals surface area contributed by atoms with Gasteiger partial charge in [0, 0.05) is 47.9 Å². The summed E-state index contributed by atoms with van der Waals surface area (Å²) in [4.78, 5) is 14.2. The second-order valence-corrected chi connectivity index (χ2v) is 13.5. The molecule has 2 heterocycles. The number of fused-ring (bicyclic) bond motifs is 4. The minimum Gasteiger partial charge on any atom is -0.484 e. The van der Waals surface area contributed by atoms with E-state index in [2.05, 4.69) is 32.6 Å². The molecule has 2 atom stereocenters. The molecule has 0 spiro atoms. The zero-order valence-corrected chi connectivity index (χ0v) is 24.0. The molecule has 8 heteroatoms. The van der Waals surface area contributed by atoms with Crippen LogP contribution in [0.2, 0.25) is 0 Å². The van der Waals surface area contributed by atoms with Crippen LogP contribution in [0.25, 0.3) is 11.1 Å². The first-order chi connectivity index (χ1) is 18.4. The Morgan fingerprint density at radius 3 is 2.41 bits per heavy atom. The fourth-order valence-electron chi connectivity index (χ4n) is 5.60. The minimum atomic E-state index is -3.86. The second kappa shape index (κ2) is 9.99. The summed E-state index contributed by atoms with van der Waals surface area (Å²) in [7, 11) is -2.20. The number of hydrogen-bond donors (Lipinski definition) is 1. The van der Waals surface area contributed by atoms with E-state index in [1.165, 1.54) is 4.31 Å². The van der Waals surface area contributed by atoms with Crippen LogP contribution in [0.3, 0.4) is 0 Å². The van der Waals surface area contributed by atoms with Crippen molar-refractivity contribution in [1.82, 2.24) is 4.31 Å². The van der Waals surface area contributed by atoms with E-state index in [1.54, 1.807) is 31.3 Å². The van der Waals surface area contributed by atoms with Gasteiger partial charge in [-0.2, -0.15) is 4.31 Å². The molecule has 0 aromatic heterocycles. The highest BCUT2D eigenvalue weighted by molar-refractivity contribution is 7.89. The highest BCUT2D eigenvalue weighted by atomic mass is 32.2. The molecule has 7 nitrogen and oxygen atoms in total. The molecule has 3 aromatic rings. The Bertz CT molecular complexity index is 1510. The highest BCUT2D eigenvalue weighted by Crippen LogP contribution is 2.52. The maximum atomic E-state index is 14.1. The molecular weight excluding hydrogens is 512 g/mol. The van der Waals surface area contributed by atoms with E-state index in [4.69, 9.17) is 4.74 Å². The Morgan fingerprint density at radius 2 is 1.77 bits per heavy atom. The molecule has 0 aliphatic carbocycles. The van der Waals surface area contributed by atoms with E-state index >= 15 is 0 Å². The molecule has 39 heavy (non-hydrogen) atoms. The van der Waals surface area contributed by atoms with Crippen LogP contribution in [0.15, 0.2) is 65.6 Å². The van der Waals surface area contributed by atoms with Crippen molar-refractivity contribution in [2.75, 3.05) is 18.5 Å². The van der Waals surface area contributed by atoms with E-state index in [9.17, 15) is 18.3 Å². The normalized spacial score (nSPS) is 20.3. The molecule has 0 unspecified atom stereocenters.